The van der Waals surface area contributed by atoms with E-state index in [0.29, 0.717) is 11.0 Å². The molecule has 1 aliphatic heterocycles. The second kappa shape index (κ2) is 7.48. The van der Waals surface area contributed by atoms with Gasteiger partial charge in [-0.25, -0.2) is 9.97 Å². The van der Waals surface area contributed by atoms with Crippen LogP contribution in [0.5, 0.6) is 5.88 Å². The molecule has 0 spiro atoms. The molecular formula is C19H16N4O6. The lowest BCUT2D eigenvalue weighted by Crippen LogP contribution is -2.30. The monoisotopic (exact) mass is 396 g/mol. The number of aliphatic hydroxyl groups excluding tert-OH is 2. The lowest BCUT2D eigenvalue weighted by molar-refractivity contribution is -0.384. The lowest BCUT2D eigenvalue weighted by atomic mass is 10.1. The van der Waals surface area contributed by atoms with Crippen molar-refractivity contribution in [3.63, 3.8) is 0 Å². The van der Waals surface area contributed by atoms with Crippen LogP contribution in [0.25, 0.3) is 11.0 Å². The Morgan fingerprint density at radius 2 is 2.00 bits per heavy atom. The summed E-state index contributed by atoms with van der Waals surface area (Å²) in [7, 11) is 0. The molecule has 0 amide bonds. The smallest absolute Gasteiger partial charge is 0.269 e. The summed E-state index contributed by atoms with van der Waals surface area (Å²) in [6.07, 6.45) is 4.04. The van der Waals surface area contributed by atoms with Gasteiger partial charge in [0.1, 0.15) is 24.9 Å². The molecule has 0 bridgehead atoms. The third-order valence-electron chi connectivity index (χ3n) is 4.66. The summed E-state index contributed by atoms with van der Waals surface area (Å²) in [5.41, 5.74) is 1.73. The molecule has 0 unspecified atom stereocenters. The molecule has 1 fully saturated rings. The molecule has 0 saturated carbocycles. The molecule has 4 atom stereocenters. The molecule has 1 aromatic carbocycles. The van der Waals surface area contributed by atoms with E-state index in [1.807, 2.05) is 0 Å². The predicted molar refractivity (Wildman–Crippen MR) is 99.7 cm³/mol. The van der Waals surface area contributed by atoms with Gasteiger partial charge in [0, 0.05) is 18.3 Å². The first kappa shape index (κ1) is 18.8. The number of hydrogen-bond donors (Lipinski definition) is 2. The second-order valence-electron chi connectivity index (χ2n) is 6.44. The van der Waals surface area contributed by atoms with Crippen LogP contribution in [0.3, 0.4) is 0 Å². The minimum atomic E-state index is -1.22. The van der Waals surface area contributed by atoms with Crippen LogP contribution < -0.4 is 4.74 Å². The molecule has 10 nitrogen and oxygen atoms in total. The molecule has 29 heavy (non-hydrogen) atoms. The highest BCUT2D eigenvalue weighted by Crippen LogP contribution is 2.33. The summed E-state index contributed by atoms with van der Waals surface area (Å²) in [5, 5.41) is 31.0. The fourth-order valence-electron chi connectivity index (χ4n) is 3.14. The van der Waals surface area contributed by atoms with E-state index in [1.165, 1.54) is 24.7 Å². The van der Waals surface area contributed by atoms with E-state index in [-0.39, 0.29) is 18.2 Å². The van der Waals surface area contributed by atoms with Crippen molar-refractivity contribution < 1.29 is 24.6 Å². The van der Waals surface area contributed by atoms with Gasteiger partial charge in [0.2, 0.25) is 5.88 Å². The number of nitro groups is 1. The highest BCUT2D eigenvalue weighted by molar-refractivity contribution is 5.80. The van der Waals surface area contributed by atoms with Crippen LogP contribution in [0, 0.1) is 22.5 Å². The van der Waals surface area contributed by atoms with Gasteiger partial charge in [0.25, 0.3) is 5.69 Å². The number of nitrogens with zero attached hydrogens (tertiary/aromatic N) is 4. The number of aromatic nitrogens is 3. The SMILES string of the molecule is C#C[C@H]1O[C@@H](n2cnc3c(OCc4ccc([N+](=O)[O-])cc4)nccc32)[C@H](O)[C@@H]1O. The Hall–Kier alpha value is -3.52. The van der Waals surface area contributed by atoms with E-state index in [2.05, 4.69) is 15.9 Å². The van der Waals surface area contributed by atoms with Gasteiger partial charge in [-0.2, -0.15) is 0 Å². The van der Waals surface area contributed by atoms with E-state index in [4.69, 9.17) is 15.9 Å². The van der Waals surface area contributed by atoms with Crippen LogP contribution in [0.4, 0.5) is 5.69 Å². The summed E-state index contributed by atoms with van der Waals surface area (Å²) in [5.74, 6) is 2.55. The summed E-state index contributed by atoms with van der Waals surface area (Å²) in [6.45, 7) is 0.136. The Kier molecular flexibility index (Phi) is 4.85. The maximum Gasteiger partial charge on any atom is 0.269 e. The van der Waals surface area contributed by atoms with Crippen molar-refractivity contribution in [2.75, 3.05) is 0 Å². The number of pyridine rings is 1. The summed E-state index contributed by atoms with van der Waals surface area (Å²) in [4.78, 5) is 18.7. The van der Waals surface area contributed by atoms with Crippen molar-refractivity contribution >= 4 is 16.7 Å². The predicted octanol–water partition coefficient (Wildman–Crippen LogP) is 1.17. The topological polar surface area (TPSA) is 133 Å². The molecule has 1 saturated heterocycles. The van der Waals surface area contributed by atoms with Crippen molar-refractivity contribution in [3.8, 4) is 18.2 Å². The molecule has 10 heteroatoms. The van der Waals surface area contributed by atoms with E-state index in [9.17, 15) is 20.3 Å². The van der Waals surface area contributed by atoms with Crippen molar-refractivity contribution in [3.05, 3.63) is 58.5 Å². The summed E-state index contributed by atoms with van der Waals surface area (Å²) >= 11 is 0. The maximum absolute atomic E-state index is 10.7. The number of nitro benzene ring substituents is 1. The number of hydrogen-bond acceptors (Lipinski definition) is 8. The van der Waals surface area contributed by atoms with Crippen molar-refractivity contribution in [2.24, 2.45) is 0 Å². The molecule has 3 heterocycles. The number of rotatable bonds is 5. The first-order chi connectivity index (χ1) is 14.0. The standard InChI is InChI=1S/C19H16N4O6/c1-2-14-16(24)17(25)19(29-14)22-10-21-15-13(22)7-8-20-18(15)28-9-11-3-5-12(6-4-11)23(26)27/h1,3-8,10,14,16-17,19,24-25H,9H2/t14-,16-,17-,19-/m1/s1. The van der Waals surface area contributed by atoms with Gasteiger partial charge in [-0.05, 0) is 23.8 Å². The van der Waals surface area contributed by atoms with Gasteiger partial charge in [-0.1, -0.05) is 5.92 Å². The molecule has 1 aliphatic rings. The molecule has 148 valence electrons. The lowest BCUT2D eigenvalue weighted by Gasteiger charge is -2.16. The minimum Gasteiger partial charge on any atom is -0.471 e. The molecule has 4 rings (SSSR count). The first-order valence-electron chi connectivity index (χ1n) is 8.65. The van der Waals surface area contributed by atoms with Gasteiger partial charge in [-0.15, -0.1) is 6.42 Å². The van der Waals surface area contributed by atoms with Crippen molar-refractivity contribution in [2.45, 2.75) is 31.1 Å². The van der Waals surface area contributed by atoms with Crippen LogP contribution in [-0.4, -0.2) is 48.0 Å². The zero-order valence-electron chi connectivity index (χ0n) is 15.0. The summed E-state index contributed by atoms with van der Waals surface area (Å²) in [6, 6.07) is 7.66. The van der Waals surface area contributed by atoms with Crippen molar-refractivity contribution in [1.82, 2.24) is 14.5 Å². The molecule has 0 aliphatic carbocycles. The van der Waals surface area contributed by atoms with Gasteiger partial charge >= 0.3 is 0 Å². The molecular weight excluding hydrogens is 380 g/mol. The van der Waals surface area contributed by atoms with Crippen LogP contribution in [0.2, 0.25) is 0 Å². The highest BCUT2D eigenvalue weighted by Gasteiger charge is 2.43. The zero-order chi connectivity index (χ0) is 20.5. The van der Waals surface area contributed by atoms with Crippen LogP contribution in [-0.2, 0) is 11.3 Å². The molecule has 2 N–H and O–H groups in total. The Bertz CT molecular complexity index is 1090. The third-order valence-corrected chi connectivity index (χ3v) is 4.66. The largest absolute Gasteiger partial charge is 0.471 e. The van der Waals surface area contributed by atoms with Gasteiger partial charge in [0.15, 0.2) is 11.7 Å². The fourth-order valence-corrected chi connectivity index (χ4v) is 3.14. The number of benzene rings is 1. The highest BCUT2D eigenvalue weighted by atomic mass is 16.6. The fraction of sp³-hybridized carbons (Fsp3) is 0.263. The molecule has 2 aromatic heterocycles. The van der Waals surface area contributed by atoms with Gasteiger partial charge in [0.05, 0.1) is 16.8 Å². The maximum atomic E-state index is 10.7. The minimum absolute atomic E-state index is 0.00435. The Morgan fingerprint density at radius 3 is 2.66 bits per heavy atom. The van der Waals surface area contributed by atoms with Gasteiger partial charge < -0.3 is 24.3 Å². The number of terminal acetylenes is 1. The average molecular weight is 396 g/mol. The summed E-state index contributed by atoms with van der Waals surface area (Å²) < 4.78 is 12.8. The Morgan fingerprint density at radius 1 is 1.24 bits per heavy atom. The van der Waals surface area contributed by atoms with Gasteiger partial charge in [-0.3, -0.25) is 10.1 Å². The van der Waals surface area contributed by atoms with Crippen LogP contribution >= 0.6 is 0 Å². The normalized spacial score (nSPS) is 23.8. The zero-order valence-corrected chi connectivity index (χ0v) is 15.0. The number of non-ortho nitro benzene ring substituents is 1. The van der Waals surface area contributed by atoms with Crippen LogP contribution in [0.15, 0.2) is 42.9 Å². The average Bonchev–Trinajstić information content (AvgIpc) is 3.28. The Balaban J connectivity index is 1.56. The number of ether oxygens (including phenoxy) is 2. The number of aliphatic hydroxyl groups is 2. The third kappa shape index (κ3) is 3.38. The number of imidazole rings is 1. The van der Waals surface area contributed by atoms with E-state index < -0.39 is 29.5 Å². The number of fused-ring (bicyclic) bond motifs is 1. The quantitative estimate of drug-likeness (QED) is 0.373. The molecule has 3 aromatic rings. The van der Waals surface area contributed by atoms with E-state index in [1.54, 1.807) is 22.8 Å². The van der Waals surface area contributed by atoms with Crippen LogP contribution in [0.1, 0.15) is 11.8 Å². The van der Waals surface area contributed by atoms with E-state index in [0.717, 1.165) is 5.56 Å². The molecule has 0 radical (unpaired) electrons. The van der Waals surface area contributed by atoms with Crippen molar-refractivity contribution in [1.29, 1.82) is 0 Å². The van der Waals surface area contributed by atoms with E-state index >= 15 is 0 Å². The first-order valence-corrected chi connectivity index (χ1v) is 8.65. The second-order valence-corrected chi connectivity index (χ2v) is 6.44. The Labute approximate surface area is 164 Å².